The summed E-state index contributed by atoms with van der Waals surface area (Å²) in [5, 5.41) is 37.8. The zero-order valence-corrected chi connectivity index (χ0v) is 40.5. The Bertz CT molecular complexity index is 1440. The lowest BCUT2D eigenvalue weighted by molar-refractivity contribution is -0.320. The molecule has 0 aromatic rings. The topological polar surface area (TPSA) is 204 Å². The lowest BCUT2D eigenvalue weighted by Crippen LogP contribution is -2.61. The van der Waals surface area contributed by atoms with E-state index in [1.165, 1.54) is 21.1 Å². The van der Waals surface area contributed by atoms with Gasteiger partial charge in [0.05, 0.1) is 48.4 Å². The predicted octanol–water partition coefficient (Wildman–Crippen LogP) is 3.02. The summed E-state index contributed by atoms with van der Waals surface area (Å²) in [4.78, 5) is 45.6. The Morgan fingerprint density at radius 2 is 1.48 bits per heavy atom. The fourth-order valence-electron chi connectivity index (χ4n) is 9.62. The quantitative estimate of drug-likeness (QED) is 0.185. The van der Waals surface area contributed by atoms with Gasteiger partial charge in [0.15, 0.2) is 18.7 Å². The van der Waals surface area contributed by atoms with Crippen molar-refractivity contribution in [2.75, 3.05) is 47.9 Å². The van der Waals surface area contributed by atoms with E-state index < -0.39 is 108 Å². The van der Waals surface area contributed by atoms with Crippen molar-refractivity contribution in [3.05, 3.63) is 0 Å². The van der Waals surface area contributed by atoms with E-state index in [0.29, 0.717) is 13.0 Å². The highest BCUT2D eigenvalue weighted by molar-refractivity contribution is 5.78. The van der Waals surface area contributed by atoms with Crippen LogP contribution in [0.5, 0.6) is 0 Å². The zero-order chi connectivity index (χ0) is 47.1. The molecule has 3 saturated heterocycles. The van der Waals surface area contributed by atoms with Crippen molar-refractivity contribution in [2.24, 2.45) is 17.8 Å². The van der Waals surface area contributed by atoms with Crippen molar-refractivity contribution in [3.63, 3.8) is 0 Å². The van der Waals surface area contributed by atoms with Gasteiger partial charge in [-0.3, -0.25) is 14.4 Å². The predicted molar refractivity (Wildman–Crippen MR) is 231 cm³/mol. The van der Waals surface area contributed by atoms with E-state index in [2.05, 4.69) is 10.2 Å². The summed E-state index contributed by atoms with van der Waals surface area (Å²) in [6.45, 7) is 23.4. The maximum atomic E-state index is 14.5. The number of hydrogen-bond acceptors (Lipinski definition) is 16. The molecule has 0 radical (unpaired) electrons. The number of rotatable bonds is 14. The van der Waals surface area contributed by atoms with Crippen LogP contribution in [0.25, 0.3) is 0 Å². The maximum absolute atomic E-state index is 14.5. The van der Waals surface area contributed by atoms with Gasteiger partial charge in [-0.1, -0.05) is 34.6 Å². The van der Waals surface area contributed by atoms with Crippen LogP contribution >= 0.6 is 0 Å². The molecule has 62 heavy (non-hydrogen) atoms. The normalized spacial score (nSPS) is 43.1. The van der Waals surface area contributed by atoms with E-state index in [9.17, 15) is 29.7 Å². The van der Waals surface area contributed by atoms with Gasteiger partial charge >= 0.3 is 11.9 Å². The molecule has 3 aliphatic rings. The summed E-state index contributed by atoms with van der Waals surface area (Å²) < 4.78 is 51.1. The number of nitrogens with zero attached hydrogens (tertiary/aromatic N) is 2. The van der Waals surface area contributed by atoms with Gasteiger partial charge in [-0.15, -0.1) is 0 Å². The molecule has 0 aromatic heterocycles. The third-order valence-corrected chi connectivity index (χ3v) is 13.9. The lowest BCUT2D eigenvalue weighted by atomic mass is 9.77. The summed E-state index contributed by atoms with van der Waals surface area (Å²) in [5.41, 5.74) is -4.33. The Hall–Kier alpha value is -2.03. The Morgan fingerprint density at radius 3 is 2.03 bits per heavy atom. The number of nitrogens with one attached hydrogen (secondary N) is 1. The highest BCUT2D eigenvalue weighted by Crippen LogP contribution is 2.41. The van der Waals surface area contributed by atoms with Crippen LogP contribution in [0.15, 0.2) is 0 Å². The average molecular weight is 890 g/mol. The minimum Gasteiger partial charge on any atom is -0.459 e. The third kappa shape index (κ3) is 12.9. The Labute approximate surface area is 371 Å². The van der Waals surface area contributed by atoms with Gasteiger partial charge < -0.3 is 68.3 Å². The van der Waals surface area contributed by atoms with Gasteiger partial charge in [0, 0.05) is 45.1 Å². The molecule has 17 heteroatoms. The first kappa shape index (κ1) is 54.3. The number of amides is 1. The number of esters is 2. The van der Waals surface area contributed by atoms with Crippen molar-refractivity contribution in [2.45, 2.75) is 205 Å². The van der Waals surface area contributed by atoms with Crippen LogP contribution in [0.2, 0.25) is 0 Å². The van der Waals surface area contributed by atoms with Crippen molar-refractivity contribution in [1.29, 1.82) is 0 Å². The molecule has 0 unspecified atom stereocenters. The molecule has 0 aromatic carbocycles. The summed E-state index contributed by atoms with van der Waals surface area (Å²) in [6, 6.07) is -1.25. The summed E-state index contributed by atoms with van der Waals surface area (Å²) in [6.07, 6.45) is -8.74. The number of hydrogen-bond donors (Lipinski definition) is 4. The smallest absolute Gasteiger partial charge is 0.311 e. The summed E-state index contributed by atoms with van der Waals surface area (Å²) >= 11 is 0. The maximum Gasteiger partial charge on any atom is 0.311 e. The van der Waals surface area contributed by atoms with Crippen LogP contribution < -0.4 is 5.32 Å². The van der Waals surface area contributed by atoms with E-state index in [4.69, 9.17) is 37.9 Å². The van der Waals surface area contributed by atoms with Crippen molar-refractivity contribution in [3.8, 4) is 0 Å². The van der Waals surface area contributed by atoms with Gasteiger partial charge in [-0.05, 0) is 94.9 Å². The molecule has 0 saturated carbocycles. The lowest BCUT2D eigenvalue weighted by Gasteiger charge is -2.49. The fourth-order valence-corrected chi connectivity index (χ4v) is 9.62. The van der Waals surface area contributed by atoms with Crippen molar-refractivity contribution < 1.29 is 67.6 Å². The number of carbonyl (C=O) groups is 3. The molecule has 0 aliphatic carbocycles. The number of aliphatic hydroxyl groups is 3. The summed E-state index contributed by atoms with van der Waals surface area (Å²) in [7, 11) is 6.80. The largest absolute Gasteiger partial charge is 0.459 e. The molecule has 362 valence electrons. The monoisotopic (exact) mass is 890 g/mol. The second-order valence-corrected chi connectivity index (χ2v) is 19.0. The molecule has 0 spiro atoms. The van der Waals surface area contributed by atoms with Crippen LogP contribution in [0.3, 0.4) is 0 Å². The van der Waals surface area contributed by atoms with Crippen LogP contribution in [0, 0.1) is 17.8 Å². The SMILES string of the molecule is CC[C@H]1OC(=O)[C@H](C)[C@@H](O[C@H]2C[C@@](C)(OC)[C@@H](OC(=O)CCN(CC)CC)[C@H](C)O2)[C@H](C)[C@@H](O[C@@H]2O[C@H](C)C[C@H](N(C)C)[C@H]2O)[C@](C)(OC)C[C@@H](C)C(=O)N[C@H](C)[C@@H](O)[C@]1(C)O. The first-order valence-corrected chi connectivity index (χ1v) is 22.7. The molecule has 17 nitrogen and oxygen atoms in total. The first-order chi connectivity index (χ1) is 28.8. The number of ether oxygens (including phenoxy) is 8. The molecule has 3 aliphatic heterocycles. The molecular formula is C45H83N3O14. The standard InChI is InChI=1S/C45H83N3O14/c1-17-32-45(12,54)37(51)29(8)46-40(52)25(4)23-43(10,55-15)38(62-42-35(50)31(47(13)14)22-26(5)57-42)27(6)36(28(7)41(53)59-32)61-34-24-44(11,56-16)39(30(9)58-34)60-33(49)20-21-48(18-2)19-3/h25-32,34-39,42,50-51,54H,17-24H2,1-16H3,(H,46,52)/t25-,26-,27+,28-,29-,30+,31+,32-,34+,35-,36+,37-,38-,39+,42+,43-,44-,45-/m1/s1. The Balaban J connectivity index is 2.17. The van der Waals surface area contributed by atoms with E-state index in [1.54, 1.807) is 41.5 Å². The van der Waals surface area contributed by atoms with Gasteiger partial charge in [0.1, 0.15) is 29.5 Å². The van der Waals surface area contributed by atoms with Gasteiger partial charge in [-0.2, -0.15) is 0 Å². The minimum atomic E-state index is -1.97. The van der Waals surface area contributed by atoms with Crippen molar-refractivity contribution >= 4 is 17.8 Å². The van der Waals surface area contributed by atoms with Crippen molar-refractivity contribution in [1.82, 2.24) is 15.1 Å². The molecule has 3 fully saturated rings. The average Bonchev–Trinajstić information content (AvgIpc) is 3.21. The van der Waals surface area contributed by atoms with Crippen LogP contribution in [0.4, 0.5) is 0 Å². The van der Waals surface area contributed by atoms with Crippen LogP contribution in [-0.2, 0) is 52.3 Å². The minimum absolute atomic E-state index is 0.0855. The molecular weight excluding hydrogens is 807 g/mol. The fraction of sp³-hybridized carbons (Fsp3) is 0.933. The van der Waals surface area contributed by atoms with Gasteiger partial charge in [0.2, 0.25) is 5.91 Å². The number of cyclic esters (lactones) is 1. The zero-order valence-electron chi connectivity index (χ0n) is 40.5. The molecule has 3 heterocycles. The number of likely N-dealkylation sites (N-methyl/N-ethyl adjacent to an activating group) is 1. The highest BCUT2D eigenvalue weighted by atomic mass is 16.7. The van der Waals surface area contributed by atoms with E-state index in [-0.39, 0.29) is 43.8 Å². The number of aliphatic hydroxyl groups excluding tert-OH is 2. The molecule has 18 atom stereocenters. The number of carbonyl (C=O) groups excluding carboxylic acids is 3. The first-order valence-electron chi connectivity index (χ1n) is 22.7. The Kier molecular flexibility index (Phi) is 20.1. The van der Waals surface area contributed by atoms with Crippen LogP contribution in [-0.4, -0.2) is 181 Å². The molecule has 1 amide bonds. The molecule has 3 rings (SSSR count). The van der Waals surface area contributed by atoms with Crippen LogP contribution in [0.1, 0.15) is 115 Å². The summed E-state index contributed by atoms with van der Waals surface area (Å²) in [5.74, 6) is -4.08. The van der Waals surface area contributed by atoms with E-state index in [0.717, 1.165) is 13.1 Å². The molecule has 4 N–H and O–H groups in total. The Morgan fingerprint density at radius 1 is 0.887 bits per heavy atom. The highest BCUT2D eigenvalue weighted by Gasteiger charge is 2.54. The van der Waals surface area contributed by atoms with Gasteiger partial charge in [0.25, 0.3) is 0 Å². The molecule has 0 bridgehead atoms. The van der Waals surface area contributed by atoms with E-state index >= 15 is 0 Å². The second kappa shape index (κ2) is 22.9. The third-order valence-electron chi connectivity index (χ3n) is 13.9. The van der Waals surface area contributed by atoms with Gasteiger partial charge in [-0.25, -0.2) is 0 Å². The van der Waals surface area contributed by atoms with E-state index in [1.807, 2.05) is 53.6 Å². The second-order valence-electron chi connectivity index (χ2n) is 19.0. The number of methoxy groups -OCH3 is 2.